The van der Waals surface area contributed by atoms with Gasteiger partial charge >= 0.3 is 12.8 Å². The van der Waals surface area contributed by atoms with Crippen LogP contribution < -0.4 is 9.47 Å². The van der Waals surface area contributed by atoms with Crippen molar-refractivity contribution in [1.82, 2.24) is 5.01 Å². The number of rotatable bonds is 6. The van der Waals surface area contributed by atoms with Gasteiger partial charge in [0.05, 0.1) is 19.4 Å². The van der Waals surface area contributed by atoms with Crippen LogP contribution >= 0.6 is 0 Å². The Morgan fingerprint density at radius 1 is 1.13 bits per heavy atom. The zero-order valence-electron chi connectivity index (χ0n) is 16.6. The van der Waals surface area contributed by atoms with Gasteiger partial charge in [0, 0.05) is 12.0 Å². The molecular formula is C21H19F5N2O3. The lowest BCUT2D eigenvalue weighted by molar-refractivity contribution is -0.189. The molecular weight excluding hydrogens is 423 g/mol. The number of alkyl halides is 5. The molecule has 0 aromatic heterocycles. The normalized spacial score (nSPS) is 17.0. The predicted octanol–water partition coefficient (Wildman–Crippen LogP) is 4.92. The first kappa shape index (κ1) is 22.5. The molecule has 0 saturated carbocycles. The molecule has 1 aliphatic heterocycles. The van der Waals surface area contributed by atoms with Crippen LogP contribution in [0.25, 0.3) is 0 Å². The van der Waals surface area contributed by atoms with Gasteiger partial charge in [0.2, 0.25) is 0 Å². The van der Waals surface area contributed by atoms with Gasteiger partial charge in [-0.2, -0.15) is 27.1 Å². The first-order valence-corrected chi connectivity index (χ1v) is 9.23. The molecule has 3 rings (SSSR count). The smallest absolute Gasteiger partial charge is 0.400 e. The van der Waals surface area contributed by atoms with E-state index in [0.29, 0.717) is 5.56 Å². The SMILES string of the molecule is COc1cc(C2=NN(Cc3ccc(C)cc3)C(=O)C(C(F)(F)F)C2)ccc1OC(F)F. The second kappa shape index (κ2) is 8.91. The third kappa shape index (κ3) is 5.31. The van der Waals surface area contributed by atoms with Gasteiger partial charge in [-0.15, -0.1) is 0 Å². The molecule has 10 heteroatoms. The molecule has 2 aromatic rings. The van der Waals surface area contributed by atoms with Gasteiger partial charge in [-0.1, -0.05) is 29.8 Å². The van der Waals surface area contributed by atoms with Crippen molar-refractivity contribution >= 4 is 11.6 Å². The average Bonchev–Trinajstić information content (AvgIpc) is 2.70. The monoisotopic (exact) mass is 442 g/mol. The summed E-state index contributed by atoms with van der Waals surface area (Å²) in [6.07, 6.45) is -5.45. The van der Waals surface area contributed by atoms with Crippen LogP contribution in [0.4, 0.5) is 22.0 Å². The van der Waals surface area contributed by atoms with Crippen molar-refractivity contribution in [2.45, 2.75) is 32.7 Å². The van der Waals surface area contributed by atoms with Crippen LogP contribution in [-0.2, 0) is 11.3 Å². The summed E-state index contributed by atoms with van der Waals surface area (Å²) >= 11 is 0. The summed E-state index contributed by atoms with van der Waals surface area (Å²) in [7, 11) is 1.21. The van der Waals surface area contributed by atoms with E-state index in [1.54, 1.807) is 24.3 Å². The first-order chi connectivity index (χ1) is 14.6. The van der Waals surface area contributed by atoms with Crippen LogP contribution in [0.3, 0.4) is 0 Å². The highest BCUT2D eigenvalue weighted by atomic mass is 19.4. The van der Waals surface area contributed by atoms with E-state index in [2.05, 4.69) is 9.84 Å². The summed E-state index contributed by atoms with van der Waals surface area (Å²) in [5.74, 6) is -3.78. The van der Waals surface area contributed by atoms with Gasteiger partial charge in [0.25, 0.3) is 5.91 Å². The zero-order chi connectivity index (χ0) is 22.8. The lowest BCUT2D eigenvalue weighted by Crippen LogP contribution is -2.45. The number of benzene rings is 2. The average molecular weight is 442 g/mol. The fourth-order valence-electron chi connectivity index (χ4n) is 3.15. The van der Waals surface area contributed by atoms with Gasteiger partial charge < -0.3 is 9.47 Å². The number of hydrazone groups is 1. The van der Waals surface area contributed by atoms with Crippen molar-refractivity contribution in [3.05, 3.63) is 59.2 Å². The molecule has 1 heterocycles. The molecule has 0 bridgehead atoms. The molecule has 0 N–H and O–H groups in total. The summed E-state index contributed by atoms with van der Waals surface area (Å²) in [4.78, 5) is 12.5. The van der Waals surface area contributed by atoms with Crippen molar-refractivity contribution < 1.29 is 36.2 Å². The Labute approximate surface area is 175 Å². The maximum Gasteiger partial charge on any atom is 0.400 e. The Morgan fingerprint density at radius 3 is 2.39 bits per heavy atom. The van der Waals surface area contributed by atoms with Gasteiger partial charge in [0.15, 0.2) is 11.5 Å². The van der Waals surface area contributed by atoms with E-state index >= 15 is 0 Å². The molecule has 5 nitrogen and oxygen atoms in total. The summed E-state index contributed by atoms with van der Waals surface area (Å²) in [6, 6.07) is 10.7. The minimum absolute atomic E-state index is 0.0177. The minimum atomic E-state index is -4.77. The summed E-state index contributed by atoms with van der Waals surface area (Å²) in [5, 5.41) is 4.93. The van der Waals surface area contributed by atoms with Crippen molar-refractivity contribution in [3.8, 4) is 11.5 Å². The number of hydrogen-bond acceptors (Lipinski definition) is 4. The second-order valence-electron chi connectivity index (χ2n) is 6.97. The minimum Gasteiger partial charge on any atom is -0.493 e. The van der Waals surface area contributed by atoms with Crippen molar-refractivity contribution in [1.29, 1.82) is 0 Å². The quantitative estimate of drug-likeness (QED) is 0.597. The van der Waals surface area contributed by atoms with Gasteiger partial charge in [0.1, 0.15) is 5.92 Å². The van der Waals surface area contributed by atoms with Crippen LogP contribution in [0.5, 0.6) is 11.5 Å². The third-order valence-electron chi connectivity index (χ3n) is 4.75. The largest absolute Gasteiger partial charge is 0.493 e. The summed E-state index contributed by atoms with van der Waals surface area (Å²) < 4.78 is 75.1. The van der Waals surface area contributed by atoms with Crippen LogP contribution in [0.15, 0.2) is 47.6 Å². The lowest BCUT2D eigenvalue weighted by Gasteiger charge is -2.31. The van der Waals surface area contributed by atoms with E-state index in [1.807, 2.05) is 6.92 Å². The van der Waals surface area contributed by atoms with Crippen LogP contribution in [0.2, 0.25) is 0 Å². The van der Waals surface area contributed by atoms with E-state index in [-0.39, 0.29) is 29.3 Å². The molecule has 2 aromatic carbocycles. The first-order valence-electron chi connectivity index (χ1n) is 9.23. The summed E-state index contributed by atoms with van der Waals surface area (Å²) in [6.45, 7) is -1.37. The zero-order valence-corrected chi connectivity index (χ0v) is 16.6. The molecule has 0 aliphatic carbocycles. The second-order valence-corrected chi connectivity index (χ2v) is 6.97. The van der Waals surface area contributed by atoms with E-state index in [1.165, 1.54) is 19.2 Å². The predicted molar refractivity (Wildman–Crippen MR) is 102 cm³/mol. The summed E-state index contributed by atoms with van der Waals surface area (Å²) in [5.41, 5.74) is 1.76. The molecule has 0 saturated heterocycles. The Kier molecular flexibility index (Phi) is 6.47. The van der Waals surface area contributed by atoms with Crippen molar-refractivity contribution in [2.24, 2.45) is 11.0 Å². The topological polar surface area (TPSA) is 51.1 Å². The fourth-order valence-corrected chi connectivity index (χ4v) is 3.15. The van der Waals surface area contributed by atoms with Crippen molar-refractivity contribution in [3.63, 3.8) is 0 Å². The van der Waals surface area contributed by atoms with E-state index in [9.17, 15) is 26.7 Å². The highest BCUT2D eigenvalue weighted by molar-refractivity contribution is 6.05. The number of aryl methyl sites for hydroxylation is 1. The third-order valence-corrected chi connectivity index (χ3v) is 4.75. The molecule has 31 heavy (non-hydrogen) atoms. The number of amides is 1. The maximum absolute atomic E-state index is 13.6. The highest BCUT2D eigenvalue weighted by Crippen LogP contribution is 2.37. The van der Waals surface area contributed by atoms with Crippen LogP contribution in [0, 0.1) is 12.8 Å². The number of hydrogen-bond donors (Lipinski definition) is 0. The fraction of sp³-hybridized carbons (Fsp3) is 0.333. The van der Waals surface area contributed by atoms with Crippen molar-refractivity contribution in [2.75, 3.05) is 7.11 Å². The van der Waals surface area contributed by atoms with Crippen LogP contribution in [0.1, 0.15) is 23.1 Å². The van der Waals surface area contributed by atoms with Gasteiger partial charge in [-0.3, -0.25) is 4.79 Å². The number of carbonyl (C=O) groups excluding carboxylic acids is 1. The number of methoxy groups -OCH3 is 1. The number of halogens is 5. The Hall–Kier alpha value is -3.17. The molecule has 166 valence electrons. The van der Waals surface area contributed by atoms with Gasteiger partial charge in [-0.05, 0) is 30.7 Å². The maximum atomic E-state index is 13.6. The standard InChI is InChI=1S/C21H19F5N2O3/c1-12-3-5-13(6-4-12)11-28-19(29)15(21(24,25)26)10-16(27-28)14-7-8-17(31-20(22)23)18(9-14)30-2/h3-9,15,20H,10-11H2,1-2H3. The molecule has 0 spiro atoms. The molecule has 1 unspecified atom stereocenters. The lowest BCUT2D eigenvalue weighted by atomic mass is 9.94. The number of nitrogens with zero attached hydrogens (tertiary/aromatic N) is 2. The van der Waals surface area contributed by atoms with Crippen LogP contribution in [-0.4, -0.2) is 36.5 Å². The number of carbonyl (C=O) groups is 1. The molecule has 1 aliphatic rings. The van der Waals surface area contributed by atoms with E-state index in [0.717, 1.165) is 16.6 Å². The molecule has 1 amide bonds. The van der Waals surface area contributed by atoms with E-state index < -0.39 is 31.0 Å². The van der Waals surface area contributed by atoms with Gasteiger partial charge in [-0.25, -0.2) is 5.01 Å². The molecule has 0 fully saturated rings. The Balaban J connectivity index is 1.98. The molecule has 0 radical (unpaired) electrons. The van der Waals surface area contributed by atoms with E-state index in [4.69, 9.17) is 4.74 Å². The Bertz CT molecular complexity index is 974. The molecule has 1 atom stereocenters. The Morgan fingerprint density at radius 2 is 1.81 bits per heavy atom. The number of ether oxygens (including phenoxy) is 2. The highest BCUT2D eigenvalue weighted by Gasteiger charge is 2.49.